The van der Waals surface area contributed by atoms with Crippen LogP contribution in [0.1, 0.15) is 69.4 Å². The van der Waals surface area contributed by atoms with Gasteiger partial charge in [-0.2, -0.15) is 0 Å². The number of imide groups is 1. The Morgan fingerprint density at radius 2 is 1.78 bits per heavy atom. The molecule has 3 heterocycles. The van der Waals surface area contributed by atoms with Gasteiger partial charge in [-0.1, -0.05) is 31.4 Å². The van der Waals surface area contributed by atoms with Crippen LogP contribution in [0.5, 0.6) is 0 Å². The van der Waals surface area contributed by atoms with Crippen molar-refractivity contribution in [3.63, 3.8) is 0 Å². The molecule has 0 spiro atoms. The Morgan fingerprint density at radius 1 is 1.06 bits per heavy atom. The molecule has 0 saturated carbocycles. The molecule has 2 aliphatic heterocycles. The van der Waals surface area contributed by atoms with Gasteiger partial charge in [-0.25, -0.2) is 13.6 Å². The molecule has 2 saturated heterocycles. The number of hydrogen-bond acceptors (Lipinski definition) is 5. The quantitative estimate of drug-likeness (QED) is 0.362. The summed E-state index contributed by atoms with van der Waals surface area (Å²) in [5.41, 5.74) is 2.24. The SMILES string of the molecule is Cn1c(=O)n(C2CCC(=O)NC2=O)c2cccc(CNCCCCCCCN3CCC(F)(F)CC3)c21. The number of para-hydroxylation sites is 1. The molecule has 2 aliphatic rings. The molecule has 8 nitrogen and oxygen atoms in total. The number of amides is 2. The maximum atomic E-state index is 13.2. The van der Waals surface area contributed by atoms with Gasteiger partial charge in [-0.3, -0.25) is 24.0 Å². The molecular formula is C26H37F2N5O3. The van der Waals surface area contributed by atoms with Crippen molar-refractivity contribution in [3.8, 4) is 0 Å². The number of carbonyl (C=O) groups is 2. The summed E-state index contributed by atoms with van der Waals surface area (Å²) in [6.45, 7) is 3.40. The van der Waals surface area contributed by atoms with Gasteiger partial charge in [-0.15, -0.1) is 0 Å². The number of halogens is 2. The molecule has 2 aromatic rings. The van der Waals surface area contributed by atoms with Crippen molar-refractivity contribution in [3.05, 3.63) is 34.2 Å². The Balaban J connectivity index is 1.21. The van der Waals surface area contributed by atoms with Crippen LogP contribution in [0.4, 0.5) is 8.78 Å². The topological polar surface area (TPSA) is 88.4 Å². The smallest absolute Gasteiger partial charge is 0.313 e. The summed E-state index contributed by atoms with van der Waals surface area (Å²) in [6.07, 6.45) is 5.97. The number of fused-ring (bicyclic) bond motifs is 1. The van der Waals surface area contributed by atoms with Crippen LogP contribution in [0.2, 0.25) is 0 Å². The fraction of sp³-hybridized carbons (Fsp3) is 0.654. The van der Waals surface area contributed by atoms with Gasteiger partial charge in [-0.05, 0) is 44.0 Å². The molecule has 1 aromatic carbocycles. The summed E-state index contributed by atoms with van der Waals surface area (Å²) >= 11 is 0. The Morgan fingerprint density at radius 3 is 2.53 bits per heavy atom. The van der Waals surface area contributed by atoms with E-state index < -0.39 is 17.9 Å². The third-order valence-corrected chi connectivity index (χ3v) is 7.44. The number of benzene rings is 1. The minimum absolute atomic E-state index is 0.0117. The number of likely N-dealkylation sites (tertiary alicyclic amines) is 1. The standard InChI is InChI=1S/C26H37F2N5O3/c1-31-23-19(8-7-9-20(23)33(25(31)36)21-10-11-22(34)30-24(21)35)18-29-14-5-3-2-4-6-15-32-16-12-26(27,28)13-17-32/h7-9,21,29H,2-6,10-18H2,1H3,(H,30,34,35). The molecule has 1 atom stereocenters. The van der Waals surface area contributed by atoms with E-state index in [0.29, 0.717) is 31.6 Å². The van der Waals surface area contributed by atoms with Crippen LogP contribution in [-0.2, 0) is 23.2 Å². The first-order valence-corrected chi connectivity index (χ1v) is 13.1. The fourth-order valence-electron chi connectivity index (χ4n) is 5.33. The molecule has 2 amide bonds. The number of nitrogens with zero attached hydrogens (tertiary/aromatic N) is 3. The second kappa shape index (κ2) is 11.6. The van der Waals surface area contributed by atoms with E-state index in [1.165, 1.54) is 4.57 Å². The molecule has 0 bridgehead atoms. The van der Waals surface area contributed by atoms with Gasteiger partial charge in [0.1, 0.15) is 6.04 Å². The number of hydrogen-bond donors (Lipinski definition) is 2. The van der Waals surface area contributed by atoms with Crippen LogP contribution >= 0.6 is 0 Å². The van der Waals surface area contributed by atoms with Crippen molar-refractivity contribution in [2.75, 3.05) is 26.2 Å². The molecule has 4 rings (SSSR count). The molecule has 1 aromatic heterocycles. The van der Waals surface area contributed by atoms with Crippen LogP contribution in [0.25, 0.3) is 11.0 Å². The minimum atomic E-state index is -2.47. The number of unbranched alkanes of at least 4 members (excludes halogenated alkanes) is 4. The molecule has 198 valence electrons. The van der Waals surface area contributed by atoms with E-state index in [4.69, 9.17) is 0 Å². The molecule has 2 fully saturated rings. The predicted molar refractivity (Wildman–Crippen MR) is 134 cm³/mol. The van der Waals surface area contributed by atoms with Crippen molar-refractivity contribution >= 4 is 22.8 Å². The van der Waals surface area contributed by atoms with Crippen molar-refractivity contribution < 1.29 is 18.4 Å². The summed E-state index contributed by atoms with van der Waals surface area (Å²) in [7, 11) is 1.71. The van der Waals surface area contributed by atoms with Crippen LogP contribution in [0.3, 0.4) is 0 Å². The predicted octanol–water partition coefficient (Wildman–Crippen LogP) is 3.09. The maximum absolute atomic E-state index is 13.2. The van der Waals surface area contributed by atoms with Crippen molar-refractivity contribution in [2.45, 2.75) is 76.3 Å². The first kappa shape index (κ1) is 26.5. The van der Waals surface area contributed by atoms with E-state index >= 15 is 0 Å². The number of aryl methyl sites for hydroxylation is 1. The Kier molecular flexibility index (Phi) is 8.56. The highest BCUT2D eigenvalue weighted by Crippen LogP contribution is 2.28. The minimum Gasteiger partial charge on any atom is -0.313 e. The number of piperidine rings is 2. The lowest BCUT2D eigenvalue weighted by Gasteiger charge is -2.31. The lowest BCUT2D eigenvalue weighted by Crippen LogP contribution is -2.44. The van der Waals surface area contributed by atoms with E-state index in [1.54, 1.807) is 11.6 Å². The molecule has 1 unspecified atom stereocenters. The van der Waals surface area contributed by atoms with Gasteiger partial charge in [0, 0.05) is 45.9 Å². The lowest BCUT2D eigenvalue weighted by atomic mass is 10.1. The fourth-order valence-corrected chi connectivity index (χ4v) is 5.33. The molecule has 0 radical (unpaired) electrons. The van der Waals surface area contributed by atoms with Crippen LogP contribution in [0, 0.1) is 0 Å². The first-order valence-electron chi connectivity index (χ1n) is 13.1. The van der Waals surface area contributed by atoms with Gasteiger partial charge >= 0.3 is 5.69 Å². The molecular weight excluding hydrogens is 468 g/mol. The highest BCUT2D eigenvalue weighted by Gasteiger charge is 2.33. The van der Waals surface area contributed by atoms with Gasteiger partial charge in [0.15, 0.2) is 0 Å². The first-order chi connectivity index (χ1) is 17.3. The monoisotopic (exact) mass is 505 g/mol. The van der Waals surface area contributed by atoms with Gasteiger partial charge in [0.2, 0.25) is 11.8 Å². The maximum Gasteiger partial charge on any atom is 0.329 e. The number of aromatic nitrogens is 2. The number of imidazole rings is 1. The Labute approximate surface area is 210 Å². The average Bonchev–Trinajstić information content (AvgIpc) is 3.09. The van der Waals surface area contributed by atoms with Crippen molar-refractivity contribution in [1.29, 1.82) is 0 Å². The van der Waals surface area contributed by atoms with E-state index in [-0.39, 0.29) is 30.9 Å². The second-order valence-corrected chi connectivity index (χ2v) is 10.1. The van der Waals surface area contributed by atoms with Gasteiger partial charge in [0.25, 0.3) is 5.92 Å². The highest BCUT2D eigenvalue weighted by atomic mass is 19.3. The normalized spacial score (nSPS) is 20.7. The van der Waals surface area contributed by atoms with E-state index in [2.05, 4.69) is 15.5 Å². The summed E-state index contributed by atoms with van der Waals surface area (Å²) in [5.74, 6) is -3.20. The molecule has 10 heteroatoms. The second-order valence-electron chi connectivity index (χ2n) is 10.1. The van der Waals surface area contributed by atoms with E-state index in [0.717, 1.165) is 56.3 Å². The third-order valence-electron chi connectivity index (χ3n) is 7.44. The van der Waals surface area contributed by atoms with Gasteiger partial charge < -0.3 is 10.2 Å². The number of nitrogens with one attached hydrogen (secondary N) is 2. The largest absolute Gasteiger partial charge is 0.329 e. The average molecular weight is 506 g/mol. The number of carbonyl (C=O) groups excluding carboxylic acids is 2. The van der Waals surface area contributed by atoms with Gasteiger partial charge in [0.05, 0.1) is 11.0 Å². The van der Waals surface area contributed by atoms with E-state index in [1.807, 2.05) is 18.2 Å². The lowest BCUT2D eigenvalue weighted by molar-refractivity contribution is -0.135. The van der Waals surface area contributed by atoms with Crippen LogP contribution < -0.4 is 16.3 Å². The summed E-state index contributed by atoms with van der Waals surface area (Å²) < 4.78 is 29.5. The summed E-state index contributed by atoms with van der Waals surface area (Å²) in [6, 6.07) is 5.04. The zero-order valence-corrected chi connectivity index (χ0v) is 21.0. The Hall–Kier alpha value is -2.59. The Bertz CT molecular complexity index is 1130. The van der Waals surface area contributed by atoms with E-state index in [9.17, 15) is 23.2 Å². The van der Waals surface area contributed by atoms with Crippen molar-refractivity contribution in [1.82, 2.24) is 24.7 Å². The van der Waals surface area contributed by atoms with Crippen molar-refractivity contribution in [2.24, 2.45) is 7.05 Å². The van der Waals surface area contributed by atoms with Crippen LogP contribution in [-0.4, -0.2) is 58.0 Å². The highest BCUT2D eigenvalue weighted by molar-refractivity contribution is 6.00. The molecule has 2 N–H and O–H groups in total. The summed E-state index contributed by atoms with van der Waals surface area (Å²) in [5, 5.41) is 5.81. The molecule has 36 heavy (non-hydrogen) atoms. The zero-order valence-electron chi connectivity index (χ0n) is 21.0. The number of rotatable bonds is 11. The number of alkyl halides is 2. The van der Waals surface area contributed by atoms with Crippen LogP contribution in [0.15, 0.2) is 23.0 Å². The molecule has 0 aliphatic carbocycles. The third kappa shape index (κ3) is 6.21. The zero-order chi connectivity index (χ0) is 25.7. The summed E-state index contributed by atoms with van der Waals surface area (Å²) in [4.78, 5) is 39.1.